The van der Waals surface area contributed by atoms with Crippen molar-refractivity contribution in [1.29, 1.82) is 0 Å². The molecule has 29 heavy (non-hydrogen) atoms. The van der Waals surface area contributed by atoms with Gasteiger partial charge >= 0.3 is 0 Å². The van der Waals surface area contributed by atoms with Crippen molar-refractivity contribution in [2.24, 2.45) is 46.3 Å². The highest BCUT2D eigenvalue weighted by molar-refractivity contribution is 5.91. The van der Waals surface area contributed by atoms with Gasteiger partial charge in [0.1, 0.15) is 0 Å². The van der Waals surface area contributed by atoms with Crippen LogP contribution in [0.25, 0.3) is 0 Å². The van der Waals surface area contributed by atoms with E-state index in [0.29, 0.717) is 16.6 Å². The second-order valence-corrected chi connectivity index (χ2v) is 12.1. The van der Waals surface area contributed by atoms with Crippen molar-refractivity contribution in [3.8, 4) is 0 Å². The Labute approximate surface area is 180 Å². The first kappa shape index (κ1) is 21.6. The molecule has 1 nitrogen and oxygen atoms in total. The van der Waals surface area contributed by atoms with Gasteiger partial charge in [-0.2, -0.15) is 0 Å². The number of fused-ring (bicyclic) bond motifs is 5. The molecule has 0 aromatic heterocycles. The van der Waals surface area contributed by atoms with Crippen LogP contribution in [0.3, 0.4) is 0 Å². The lowest BCUT2D eigenvalue weighted by Crippen LogP contribution is -2.50. The number of carbonyl (C=O) groups is 1. The fraction of sp³-hybridized carbons (Fsp3) is 0.893. The molecule has 4 aliphatic rings. The van der Waals surface area contributed by atoms with Crippen molar-refractivity contribution in [3.05, 3.63) is 11.6 Å². The normalized spacial score (nSPS) is 43.8. The first-order chi connectivity index (χ1) is 13.8. The SMILES string of the molecule is CCC(C)CCCC(C)[C@H]1CCC2C3CCC4=CC(=O)CC[C@]4(C)C3CC[C@@]21C. The summed E-state index contributed by atoms with van der Waals surface area (Å²) in [4.78, 5) is 12.0. The molecule has 0 spiro atoms. The first-order valence-electron chi connectivity index (χ1n) is 13.0. The third kappa shape index (κ3) is 3.67. The second kappa shape index (κ2) is 8.16. The molecule has 0 N–H and O–H groups in total. The minimum absolute atomic E-state index is 0.331. The molecule has 8 atom stereocenters. The molecule has 164 valence electrons. The Morgan fingerprint density at radius 3 is 2.55 bits per heavy atom. The van der Waals surface area contributed by atoms with Gasteiger partial charge in [0.2, 0.25) is 0 Å². The third-order valence-corrected chi connectivity index (χ3v) is 10.8. The van der Waals surface area contributed by atoms with E-state index in [1.54, 1.807) is 0 Å². The van der Waals surface area contributed by atoms with Crippen LogP contribution in [0.1, 0.15) is 112 Å². The van der Waals surface area contributed by atoms with Crippen molar-refractivity contribution >= 4 is 5.78 Å². The van der Waals surface area contributed by atoms with Crippen LogP contribution in [0.5, 0.6) is 0 Å². The average Bonchev–Trinajstić information content (AvgIpc) is 3.05. The van der Waals surface area contributed by atoms with Gasteiger partial charge in [-0.3, -0.25) is 4.79 Å². The highest BCUT2D eigenvalue weighted by Crippen LogP contribution is 2.67. The van der Waals surface area contributed by atoms with Crippen molar-refractivity contribution in [2.75, 3.05) is 0 Å². The number of allylic oxidation sites excluding steroid dienone is 1. The monoisotopic (exact) mass is 398 g/mol. The van der Waals surface area contributed by atoms with Crippen LogP contribution in [0, 0.1) is 46.3 Å². The van der Waals surface area contributed by atoms with E-state index in [1.165, 1.54) is 69.8 Å². The van der Waals surface area contributed by atoms with Crippen LogP contribution in [-0.4, -0.2) is 5.78 Å². The molecule has 0 aromatic rings. The fourth-order valence-electron chi connectivity index (χ4n) is 8.73. The van der Waals surface area contributed by atoms with Crippen molar-refractivity contribution in [3.63, 3.8) is 0 Å². The Morgan fingerprint density at radius 2 is 1.79 bits per heavy atom. The summed E-state index contributed by atoms with van der Waals surface area (Å²) >= 11 is 0. The molecule has 1 heteroatoms. The first-order valence-corrected chi connectivity index (χ1v) is 13.0. The van der Waals surface area contributed by atoms with Crippen LogP contribution < -0.4 is 0 Å². The molecular weight excluding hydrogens is 352 g/mol. The molecule has 0 aliphatic heterocycles. The molecule has 0 aromatic carbocycles. The van der Waals surface area contributed by atoms with Gasteiger partial charge in [0.15, 0.2) is 5.78 Å². The van der Waals surface area contributed by atoms with E-state index in [1.807, 2.05) is 0 Å². The van der Waals surface area contributed by atoms with Crippen LogP contribution >= 0.6 is 0 Å². The van der Waals surface area contributed by atoms with Crippen LogP contribution in [0.2, 0.25) is 0 Å². The van der Waals surface area contributed by atoms with E-state index >= 15 is 0 Å². The molecule has 3 saturated carbocycles. The van der Waals surface area contributed by atoms with E-state index in [-0.39, 0.29) is 0 Å². The van der Waals surface area contributed by atoms with Crippen molar-refractivity contribution < 1.29 is 4.79 Å². The summed E-state index contributed by atoms with van der Waals surface area (Å²) in [6.45, 7) is 12.5. The lowest BCUT2D eigenvalue weighted by Gasteiger charge is -2.58. The highest BCUT2D eigenvalue weighted by Gasteiger charge is 2.59. The van der Waals surface area contributed by atoms with E-state index in [2.05, 4.69) is 40.7 Å². The summed E-state index contributed by atoms with van der Waals surface area (Å²) < 4.78 is 0. The number of ketones is 1. The molecule has 0 radical (unpaired) electrons. The lowest BCUT2D eigenvalue weighted by molar-refractivity contribution is -0.117. The van der Waals surface area contributed by atoms with Gasteiger partial charge < -0.3 is 0 Å². The third-order valence-electron chi connectivity index (χ3n) is 10.8. The van der Waals surface area contributed by atoms with E-state index in [0.717, 1.165) is 48.3 Å². The van der Waals surface area contributed by atoms with Gasteiger partial charge in [0.05, 0.1) is 0 Å². The Balaban J connectivity index is 1.46. The van der Waals surface area contributed by atoms with Crippen LogP contribution in [-0.2, 0) is 4.79 Å². The lowest BCUT2D eigenvalue weighted by atomic mass is 9.46. The molecule has 0 bridgehead atoms. The van der Waals surface area contributed by atoms with E-state index < -0.39 is 0 Å². The molecule has 3 fully saturated rings. The second-order valence-electron chi connectivity index (χ2n) is 12.1. The Morgan fingerprint density at radius 1 is 1.00 bits per heavy atom. The minimum atomic E-state index is 0.331. The van der Waals surface area contributed by atoms with Crippen molar-refractivity contribution in [1.82, 2.24) is 0 Å². The molecule has 0 heterocycles. The smallest absolute Gasteiger partial charge is 0.155 e. The largest absolute Gasteiger partial charge is 0.295 e. The van der Waals surface area contributed by atoms with Crippen LogP contribution in [0.4, 0.5) is 0 Å². The standard InChI is InChI=1S/C28H46O/c1-6-19(2)8-7-9-20(3)24-12-13-25-23-11-10-21-18-22(29)14-16-27(21,4)26(23)15-17-28(24,25)5/h18-20,23-26H,6-17H2,1-5H3/t19?,20?,23?,24-,25?,26?,27+,28-/m1/s1. The average molecular weight is 399 g/mol. The van der Waals surface area contributed by atoms with Gasteiger partial charge in [0, 0.05) is 6.42 Å². The predicted molar refractivity (Wildman–Crippen MR) is 123 cm³/mol. The van der Waals surface area contributed by atoms with E-state index in [4.69, 9.17) is 0 Å². The molecule has 5 unspecified atom stereocenters. The number of hydrogen-bond acceptors (Lipinski definition) is 1. The Hall–Kier alpha value is -0.590. The zero-order chi connectivity index (χ0) is 20.8. The maximum absolute atomic E-state index is 12.0. The molecule has 0 amide bonds. The van der Waals surface area contributed by atoms with Gasteiger partial charge in [-0.15, -0.1) is 0 Å². The molecular formula is C28H46O. The topological polar surface area (TPSA) is 17.1 Å². The summed E-state index contributed by atoms with van der Waals surface area (Å²) in [7, 11) is 0. The fourth-order valence-corrected chi connectivity index (χ4v) is 8.73. The maximum atomic E-state index is 12.0. The summed E-state index contributed by atoms with van der Waals surface area (Å²) in [5, 5.41) is 0. The summed E-state index contributed by atoms with van der Waals surface area (Å²) in [5.41, 5.74) is 2.43. The Kier molecular flexibility index (Phi) is 6.09. The summed E-state index contributed by atoms with van der Waals surface area (Å²) in [5.74, 6) is 5.84. The minimum Gasteiger partial charge on any atom is -0.295 e. The molecule has 4 aliphatic carbocycles. The zero-order valence-corrected chi connectivity index (χ0v) is 19.9. The maximum Gasteiger partial charge on any atom is 0.155 e. The number of rotatable bonds is 6. The Bertz CT molecular complexity index is 647. The molecule has 4 rings (SSSR count). The van der Waals surface area contributed by atoms with Crippen molar-refractivity contribution in [2.45, 2.75) is 112 Å². The predicted octanol–water partition coefficient (Wildman–Crippen LogP) is 7.99. The summed E-state index contributed by atoms with van der Waals surface area (Å²) in [6, 6.07) is 0. The van der Waals surface area contributed by atoms with Gasteiger partial charge in [-0.1, -0.05) is 65.9 Å². The highest BCUT2D eigenvalue weighted by atomic mass is 16.1. The zero-order valence-electron chi connectivity index (χ0n) is 19.9. The quantitative estimate of drug-likeness (QED) is 0.443. The number of hydrogen-bond donors (Lipinski definition) is 0. The van der Waals surface area contributed by atoms with Crippen LogP contribution in [0.15, 0.2) is 11.6 Å². The van der Waals surface area contributed by atoms with Gasteiger partial charge in [0.25, 0.3) is 0 Å². The number of carbonyl (C=O) groups excluding carboxylic acids is 1. The van der Waals surface area contributed by atoms with Gasteiger partial charge in [-0.05, 0) is 97.4 Å². The van der Waals surface area contributed by atoms with Gasteiger partial charge in [-0.25, -0.2) is 0 Å². The van der Waals surface area contributed by atoms with E-state index in [9.17, 15) is 4.79 Å². The summed E-state index contributed by atoms with van der Waals surface area (Å²) in [6.07, 6.45) is 18.0. The molecule has 0 saturated heterocycles.